The quantitative estimate of drug-likeness (QED) is 0.733. The number of alkyl halides is 1. The molecule has 0 aromatic heterocycles. The number of rotatable bonds is 0. The summed E-state index contributed by atoms with van der Waals surface area (Å²) in [6.45, 7) is 6.39. The van der Waals surface area contributed by atoms with Crippen LogP contribution in [0.2, 0.25) is 0 Å². The van der Waals surface area contributed by atoms with Crippen molar-refractivity contribution < 1.29 is 14.3 Å². The molecular formula is C20H27FO2. The second-order valence-electron chi connectivity index (χ2n) is 9.05. The maximum atomic E-state index is 16.5. The third-order valence-electron chi connectivity index (χ3n) is 7.62. The van der Waals surface area contributed by atoms with Crippen LogP contribution in [0, 0.1) is 28.6 Å². The molecule has 0 amide bonds. The average Bonchev–Trinajstić information content (AvgIpc) is 2.76. The number of aliphatic hydroxyl groups is 1. The van der Waals surface area contributed by atoms with Gasteiger partial charge in [0.15, 0.2) is 11.5 Å². The molecule has 2 nitrogen and oxygen atoms in total. The summed E-state index contributed by atoms with van der Waals surface area (Å²) in [5.74, 6) is 0.786. The SMILES string of the molecule is C[C@H]1C[C@H]2[C@@H]3CCC4=CC(=O)C=C[C@]4(C)[C@@]3(F)[C@@H](O)C[C@]2(C)C1. The Kier molecular flexibility index (Phi) is 3.09. The van der Waals surface area contributed by atoms with E-state index in [4.69, 9.17) is 0 Å². The van der Waals surface area contributed by atoms with Gasteiger partial charge >= 0.3 is 0 Å². The highest BCUT2D eigenvalue weighted by atomic mass is 19.1. The molecule has 3 fully saturated rings. The number of carbonyl (C=O) groups is 1. The van der Waals surface area contributed by atoms with E-state index in [1.54, 1.807) is 12.2 Å². The summed E-state index contributed by atoms with van der Waals surface area (Å²) in [4.78, 5) is 11.7. The zero-order valence-electron chi connectivity index (χ0n) is 14.3. The van der Waals surface area contributed by atoms with Gasteiger partial charge in [-0.25, -0.2) is 4.39 Å². The maximum Gasteiger partial charge on any atom is 0.178 e. The molecule has 3 heteroatoms. The van der Waals surface area contributed by atoms with E-state index in [1.807, 2.05) is 6.92 Å². The van der Waals surface area contributed by atoms with Gasteiger partial charge in [-0.05, 0) is 68.4 Å². The van der Waals surface area contributed by atoms with Crippen molar-refractivity contribution in [1.82, 2.24) is 0 Å². The zero-order valence-corrected chi connectivity index (χ0v) is 14.3. The van der Waals surface area contributed by atoms with E-state index < -0.39 is 17.2 Å². The fourth-order valence-electron chi connectivity index (χ4n) is 6.65. The van der Waals surface area contributed by atoms with Crippen LogP contribution in [0.1, 0.15) is 52.9 Å². The van der Waals surface area contributed by atoms with Gasteiger partial charge in [-0.2, -0.15) is 0 Å². The van der Waals surface area contributed by atoms with Crippen molar-refractivity contribution in [3.8, 4) is 0 Å². The molecule has 3 saturated carbocycles. The summed E-state index contributed by atoms with van der Waals surface area (Å²) in [5, 5.41) is 10.9. The Labute approximate surface area is 137 Å². The van der Waals surface area contributed by atoms with Crippen molar-refractivity contribution in [2.75, 3.05) is 0 Å². The predicted octanol–water partition coefficient (Wildman–Crippen LogP) is 3.99. The normalized spacial score (nSPS) is 55.0. The molecule has 4 rings (SSSR count). The Morgan fingerprint density at radius 2 is 2.00 bits per heavy atom. The highest BCUT2D eigenvalue weighted by Gasteiger charge is 2.69. The molecule has 0 aliphatic heterocycles. The second-order valence-corrected chi connectivity index (χ2v) is 9.05. The fraction of sp³-hybridized carbons (Fsp3) is 0.750. The fourth-order valence-corrected chi connectivity index (χ4v) is 6.65. The Morgan fingerprint density at radius 3 is 2.74 bits per heavy atom. The van der Waals surface area contributed by atoms with Crippen LogP contribution in [0.25, 0.3) is 0 Å². The number of aliphatic hydroxyl groups excluding tert-OH is 1. The molecule has 4 aliphatic carbocycles. The second kappa shape index (κ2) is 4.56. The molecule has 126 valence electrons. The van der Waals surface area contributed by atoms with Crippen LogP contribution in [0.15, 0.2) is 23.8 Å². The first-order chi connectivity index (χ1) is 10.7. The number of halogens is 1. The van der Waals surface area contributed by atoms with E-state index in [-0.39, 0.29) is 17.1 Å². The van der Waals surface area contributed by atoms with Gasteiger partial charge in [-0.3, -0.25) is 4.79 Å². The molecule has 0 aromatic carbocycles. The van der Waals surface area contributed by atoms with Gasteiger partial charge in [-0.1, -0.05) is 25.5 Å². The summed E-state index contributed by atoms with van der Waals surface area (Å²) in [6.07, 6.45) is 8.11. The van der Waals surface area contributed by atoms with Crippen molar-refractivity contribution in [1.29, 1.82) is 0 Å². The summed E-state index contributed by atoms with van der Waals surface area (Å²) in [6, 6.07) is 0. The van der Waals surface area contributed by atoms with Gasteiger partial charge in [0.05, 0.1) is 6.10 Å². The van der Waals surface area contributed by atoms with Crippen LogP contribution in [-0.2, 0) is 4.79 Å². The first-order valence-electron chi connectivity index (χ1n) is 9.02. The van der Waals surface area contributed by atoms with Gasteiger partial charge in [0.25, 0.3) is 0 Å². The van der Waals surface area contributed by atoms with E-state index in [0.717, 1.165) is 31.3 Å². The third-order valence-corrected chi connectivity index (χ3v) is 7.62. The van der Waals surface area contributed by atoms with Crippen LogP contribution < -0.4 is 0 Å². The van der Waals surface area contributed by atoms with Gasteiger partial charge < -0.3 is 5.11 Å². The lowest BCUT2D eigenvalue weighted by Gasteiger charge is -2.61. The summed E-state index contributed by atoms with van der Waals surface area (Å²) in [5.41, 5.74) is -1.55. The molecule has 0 radical (unpaired) electrons. The van der Waals surface area contributed by atoms with E-state index in [2.05, 4.69) is 13.8 Å². The summed E-state index contributed by atoms with van der Waals surface area (Å²) < 4.78 is 16.5. The number of ketones is 1. The van der Waals surface area contributed by atoms with E-state index in [9.17, 15) is 9.90 Å². The minimum Gasteiger partial charge on any atom is -0.390 e. The molecule has 0 bridgehead atoms. The van der Waals surface area contributed by atoms with Crippen LogP contribution in [0.4, 0.5) is 4.39 Å². The lowest BCUT2D eigenvalue weighted by Crippen LogP contribution is -2.66. The van der Waals surface area contributed by atoms with E-state index in [1.165, 1.54) is 6.08 Å². The molecule has 4 aliphatic rings. The van der Waals surface area contributed by atoms with Crippen molar-refractivity contribution in [2.45, 2.75) is 64.6 Å². The molecule has 1 N–H and O–H groups in total. The smallest absolute Gasteiger partial charge is 0.178 e. The molecule has 7 atom stereocenters. The van der Waals surface area contributed by atoms with Crippen molar-refractivity contribution in [2.24, 2.45) is 28.6 Å². The first-order valence-corrected chi connectivity index (χ1v) is 9.02. The van der Waals surface area contributed by atoms with Gasteiger partial charge in [0, 0.05) is 11.3 Å². The number of hydrogen-bond donors (Lipinski definition) is 1. The largest absolute Gasteiger partial charge is 0.390 e. The molecule has 0 unspecified atom stereocenters. The molecule has 23 heavy (non-hydrogen) atoms. The molecule has 0 aromatic rings. The van der Waals surface area contributed by atoms with Crippen molar-refractivity contribution in [3.63, 3.8) is 0 Å². The van der Waals surface area contributed by atoms with Crippen molar-refractivity contribution in [3.05, 3.63) is 23.8 Å². The third kappa shape index (κ3) is 1.80. The monoisotopic (exact) mass is 318 g/mol. The average molecular weight is 318 g/mol. The van der Waals surface area contributed by atoms with E-state index in [0.29, 0.717) is 18.3 Å². The Bertz CT molecular complexity index is 623. The minimum atomic E-state index is -1.65. The highest BCUT2D eigenvalue weighted by Crippen LogP contribution is 2.68. The van der Waals surface area contributed by atoms with Gasteiger partial charge in [-0.15, -0.1) is 0 Å². The van der Waals surface area contributed by atoms with Gasteiger partial charge in [0.1, 0.15) is 0 Å². The molecular weight excluding hydrogens is 291 g/mol. The van der Waals surface area contributed by atoms with Crippen LogP contribution in [0.5, 0.6) is 0 Å². The number of carbonyl (C=O) groups excluding carboxylic acids is 1. The first kappa shape index (κ1) is 15.6. The van der Waals surface area contributed by atoms with E-state index >= 15 is 4.39 Å². The highest BCUT2D eigenvalue weighted by molar-refractivity contribution is 6.01. The topological polar surface area (TPSA) is 37.3 Å². The molecule has 0 heterocycles. The Balaban J connectivity index is 1.82. The number of hydrogen-bond acceptors (Lipinski definition) is 2. The molecule has 0 spiro atoms. The lowest BCUT2D eigenvalue weighted by atomic mass is 9.46. The predicted molar refractivity (Wildman–Crippen MR) is 87.5 cm³/mol. The molecule has 0 saturated heterocycles. The van der Waals surface area contributed by atoms with Crippen LogP contribution in [-0.4, -0.2) is 22.7 Å². The summed E-state index contributed by atoms with van der Waals surface area (Å²) in [7, 11) is 0. The van der Waals surface area contributed by atoms with Crippen LogP contribution in [0.3, 0.4) is 0 Å². The van der Waals surface area contributed by atoms with Crippen LogP contribution >= 0.6 is 0 Å². The minimum absolute atomic E-state index is 0.0517. The Hall–Kier alpha value is -0.960. The Morgan fingerprint density at radius 1 is 1.26 bits per heavy atom. The number of fused-ring (bicyclic) bond motifs is 5. The lowest BCUT2D eigenvalue weighted by molar-refractivity contribution is -0.188. The zero-order chi connectivity index (χ0) is 16.6. The maximum absolute atomic E-state index is 16.5. The van der Waals surface area contributed by atoms with Gasteiger partial charge in [0.2, 0.25) is 0 Å². The van der Waals surface area contributed by atoms with Crippen molar-refractivity contribution >= 4 is 5.78 Å². The number of allylic oxidation sites excluding steroid dienone is 4. The summed E-state index contributed by atoms with van der Waals surface area (Å²) >= 11 is 0. The standard InChI is InChI=1S/C20H27FO2/c1-12-8-16-15-5-4-13-9-14(22)6-7-19(13,3)20(15,21)17(23)11-18(16,2)10-12/h6-7,9,12,15-17,23H,4-5,8,10-11H2,1-3H3/t12-,15-,16-,17-,18-,19-,20-/m0/s1.